The Balaban J connectivity index is 1.91. The van der Waals surface area contributed by atoms with E-state index in [1.807, 2.05) is 12.1 Å². The molecule has 1 atom stereocenters. The molecule has 0 amide bonds. The molecule has 2 rings (SSSR count). The first-order valence-corrected chi connectivity index (χ1v) is 7.45. The van der Waals surface area contributed by atoms with Crippen LogP contribution in [0, 0.1) is 6.92 Å². The van der Waals surface area contributed by atoms with E-state index < -0.39 is 0 Å². The first-order chi connectivity index (χ1) is 9.59. The van der Waals surface area contributed by atoms with Gasteiger partial charge in [-0.15, -0.1) is 0 Å². The fourth-order valence-corrected chi connectivity index (χ4v) is 2.57. The normalized spacial score (nSPS) is 13.2. The van der Waals surface area contributed by atoms with E-state index >= 15 is 0 Å². The summed E-state index contributed by atoms with van der Waals surface area (Å²) in [5.74, 6) is 1.07. The van der Waals surface area contributed by atoms with Gasteiger partial charge < -0.3 is 14.6 Å². The lowest BCUT2D eigenvalue weighted by atomic mass is 10.1. The number of furan rings is 1. The molecular formula is C17H26N2O. The summed E-state index contributed by atoms with van der Waals surface area (Å²) < 4.78 is 5.99. The summed E-state index contributed by atoms with van der Waals surface area (Å²) in [5.41, 5.74) is 2.25. The van der Waals surface area contributed by atoms with Crippen LogP contribution in [0.5, 0.6) is 0 Å². The van der Waals surface area contributed by atoms with Gasteiger partial charge >= 0.3 is 0 Å². The van der Waals surface area contributed by atoms with Gasteiger partial charge in [-0.3, -0.25) is 0 Å². The first-order valence-electron chi connectivity index (χ1n) is 7.45. The van der Waals surface area contributed by atoms with Gasteiger partial charge in [0.05, 0.1) is 6.04 Å². The van der Waals surface area contributed by atoms with Crippen molar-refractivity contribution in [2.24, 2.45) is 0 Å². The molecule has 110 valence electrons. The molecule has 2 aromatic rings. The number of hydrogen-bond acceptors (Lipinski definition) is 3. The van der Waals surface area contributed by atoms with Crippen LogP contribution in [-0.4, -0.2) is 32.1 Å². The lowest BCUT2D eigenvalue weighted by Crippen LogP contribution is -2.21. The zero-order chi connectivity index (χ0) is 14.5. The second-order valence-electron chi connectivity index (χ2n) is 5.77. The molecule has 20 heavy (non-hydrogen) atoms. The van der Waals surface area contributed by atoms with Gasteiger partial charge in [0, 0.05) is 5.39 Å². The summed E-state index contributed by atoms with van der Waals surface area (Å²) in [5, 5.41) is 4.79. The average molecular weight is 274 g/mol. The van der Waals surface area contributed by atoms with Crippen LogP contribution < -0.4 is 5.32 Å². The van der Waals surface area contributed by atoms with Crippen molar-refractivity contribution >= 4 is 11.0 Å². The summed E-state index contributed by atoms with van der Waals surface area (Å²) in [4.78, 5) is 2.23. The number of unbranched alkanes of at least 4 members (excludes halogenated alkanes) is 1. The summed E-state index contributed by atoms with van der Waals surface area (Å²) in [6.45, 7) is 6.51. The van der Waals surface area contributed by atoms with Crippen molar-refractivity contribution in [3.05, 3.63) is 35.6 Å². The number of aryl methyl sites for hydroxylation is 1. The second-order valence-corrected chi connectivity index (χ2v) is 5.77. The molecule has 0 saturated carbocycles. The van der Waals surface area contributed by atoms with E-state index in [9.17, 15) is 0 Å². The standard InChI is InChI=1S/C17H26N2O/c1-13-15-9-5-6-10-16(15)20-17(13)14(2)18-11-7-8-12-19(3)4/h5-6,9-10,14,18H,7-8,11-12H2,1-4H3. The summed E-state index contributed by atoms with van der Waals surface area (Å²) in [6, 6.07) is 8.51. The van der Waals surface area contributed by atoms with Gasteiger partial charge in [-0.1, -0.05) is 18.2 Å². The molecule has 0 radical (unpaired) electrons. The molecule has 0 bridgehead atoms. The molecule has 0 aliphatic heterocycles. The van der Waals surface area contributed by atoms with Crippen molar-refractivity contribution in [2.75, 3.05) is 27.2 Å². The molecule has 1 unspecified atom stereocenters. The summed E-state index contributed by atoms with van der Waals surface area (Å²) >= 11 is 0. The van der Waals surface area contributed by atoms with Gasteiger partial charge in [-0.2, -0.15) is 0 Å². The van der Waals surface area contributed by atoms with Gasteiger partial charge in [0.1, 0.15) is 11.3 Å². The minimum Gasteiger partial charge on any atom is -0.459 e. The molecule has 1 aromatic heterocycles. The van der Waals surface area contributed by atoms with E-state index in [2.05, 4.69) is 50.3 Å². The van der Waals surface area contributed by atoms with Crippen LogP contribution in [0.1, 0.15) is 37.1 Å². The molecule has 0 aliphatic carbocycles. The van der Waals surface area contributed by atoms with Crippen LogP contribution in [0.4, 0.5) is 0 Å². The van der Waals surface area contributed by atoms with Crippen LogP contribution in [0.3, 0.4) is 0 Å². The van der Waals surface area contributed by atoms with E-state index in [4.69, 9.17) is 4.42 Å². The molecule has 0 aliphatic rings. The zero-order valence-corrected chi connectivity index (χ0v) is 13.1. The smallest absolute Gasteiger partial charge is 0.134 e. The molecule has 0 saturated heterocycles. The van der Waals surface area contributed by atoms with Gasteiger partial charge in [-0.05, 0) is 65.5 Å². The lowest BCUT2D eigenvalue weighted by molar-refractivity contribution is 0.384. The third-order valence-corrected chi connectivity index (χ3v) is 3.76. The van der Waals surface area contributed by atoms with Crippen LogP contribution >= 0.6 is 0 Å². The zero-order valence-electron chi connectivity index (χ0n) is 13.1. The SMILES string of the molecule is Cc1c(C(C)NCCCCN(C)C)oc2ccccc12. The van der Waals surface area contributed by atoms with E-state index in [-0.39, 0.29) is 6.04 Å². The van der Waals surface area contributed by atoms with Gasteiger partial charge in [0.15, 0.2) is 0 Å². The molecule has 0 fully saturated rings. The van der Waals surface area contributed by atoms with Crippen molar-refractivity contribution in [1.29, 1.82) is 0 Å². The Morgan fingerprint density at radius 3 is 2.65 bits per heavy atom. The molecule has 1 aromatic carbocycles. The Labute approximate surface area is 122 Å². The van der Waals surface area contributed by atoms with Crippen molar-refractivity contribution < 1.29 is 4.42 Å². The number of hydrogen-bond donors (Lipinski definition) is 1. The fourth-order valence-electron chi connectivity index (χ4n) is 2.57. The van der Waals surface area contributed by atoms with Gasteiger partial charge in [0.25, 0.3) is 0 Å². The molecule has 1 N–H and O–H groups in total. The Kier molecular flexibility index (Phi) is 5.21. The van der Waals surface area contributed by atoms with E-state index in [0.29, 0.717) is 0 Å². The summed E-state index contributed by atoms with van der Waals surface area (Å²) in [7, 11) is 4.24. The molecule has 1 heterocycles. The maximum atomic E-state index is 5.99. The number of fused-ring (bicyclic) bond motifs is 1. The maximum absolute atomic E-state index is 5.99. The number of nitrogens with one attached hydrogen (secondary N) is 1. The molecular weight excluding hydrogens is 248 g/mol. The highest BCUT2D eigenvalue weighted by Crippen LogP contribution is 2.28. The van der Waals surface area contributed by atoms with Crippen LogP contribution in [-0.2, 0) is 0 Å². The van der Waals surface area contributed by atoms with Gasteiger partial charge in [0.2, 0.25) is 0 Å². The minimum absolute atomic E-state index is 0.266. The van der Waals surface area contributed by atoms with Crippen molar-refractivity contribution in [1.82, 2.24) is 10.2 Å². The Morgan fingerprint density at radius 1 is 1.20 bits per heavy atom. The topological polar surface area (TPSA) is 28.4 Å². The Hall–Kier alpha value is -1.32. The van der Waals surface area contributed by atoms with E-state index in [1.165, 1.54) is 23.8 Å². The maximum Gasteiger partial charge on any atom is 0.134 e. The largest absolute Gasteiger partial charge is 0.459 e. The van der Waals surface area contributed by atoms with Crippen LogP contribution in [0.25, 0.3) is 11.0 Å². The molecule has 0 spiro atoms. The third kappa shape index (κ3) is 3.62. The molecule has 3 heteroatoms. The lowest BCUT2D eigenvalue weighted by Gasteiger charge is -2.13. The predicted octanol–water partition coefficient (Wildman–Crippen LogP) is 3.73. The predicted molar refractivity (Wildman–Crippen MR) is 85.2 cm³/mol. The third-order valence-electron chi connectivity index (χ3n) is 3.76. The van der Waals surface area contributed by atoms with Crippen molar-refractivity contribution in [2.45, 2.75) is 32.7 Å². The van der Waals surface area contributed by atoms with Gasteiger partial charge in [-0.25, -0.2) is 0 Å². The Bertz CT molecular complexity index is 545. The van der Waals surface area contributed by atoms with Crippen LogP contribution in [0.15, 0.2) is 28.7 Å². The fraction of sp³-hybridized carbons (Fsp3) is 0.529. The second kappa shape index (κ2) is 6.91. The first kappa shape index (κ1) is 15.1. The number of nitrogens with zero attached hydrogens (tertiary/aromatic N) is 1. The number of para-hydroxylation sites is 1. The highest BCUT2D eigenvalue weighted by Gasteiger charge is 2.15. The van der Waals surface area contributed by atoms with Crippen molar-refractivity contribution in [3.63, 3.8) is 0 Å². The average Bonchev–Trinajstić information content (AvgIpc) is 2.76. The highest BCUT2D eigenvalue weighted by molar-refractivity contribution is 5.82. The number of benzene rings is 1. The van der Waals surface area contributed by atoms with E-state index in [1.54, 1.807) is 0 Å². The minimum atomic E-state index is 0.266. The number of rotatable bonds is 7. The quantitative estimate of drug-likeness (QED) is 0.780. The molecule has 3 nitrogen and oxygen atoms in total. The summed E-state index contributed by atoms with van der Waals surface area (Å²) in [6.07, 6.45) is 2.42. The monoisotopic (exact) mass is 274 g/mol. The van der Waals surface area contributed by atoms with Crippen molar-refractivity contribution in [3.8, 4) is 0 Å². The van der Waals surface area contributed by atoms with Crippen LogP contribution in [0.2, 0.25) is 0 Å². The van der Waals surface area contributed by atoms with E-state index in [0.717, 1.165) is 24.4 Å². The highest BCUT2D eigenvalue weighted by atomic mass is 16.3. The Morgan fingerprint density at radius 2 is 1.95 bits per heavy atom.